The molecule has 6 heteroatoms. The van der Waals surface area contributed by atoms with Crippen LogP contribution in [0.25, 0.3) is 0 Å². The molecule has 0 saturated carbocycles. The molecule has 1 aromatic heterocycles. The quantitative estimate of drug-likeness (QED) is 0.938. The highest BCUT2D eigenvalue weighted by molar-refractivity contribution is 5.98. The lowest BCUT2D eigenvalue weighted by molar-refractivity contribution is -0.0447. The van der Waals surface area contributed by atoms with Crippen molar-refractivity contribution in [1.29, 1.82) is 0 Å². The second-order valence-corrected chi connectivity index (χ2v) is 5.59. The third-order valence-corrected chi connectivity index (χ3v) is 3.90. The average Bonchev–Trinajstić information content (AvgIpc) is 3.05. The second-order valence-electron chi connectivity index (χ2n) is 5.59. The lowest BCUT2D eigenvalue weighted by atomic mass is 10.0. The zero-order chi connectivity index (χ0) is 16.4. The Morgan fingerprint density at radius 3 is 2.65 bits per heavy atom. The molecule has 2 aromatic rings. The summed E-state index contributed by atoms with van der Waals surface area (Å²) in [4.78, 5) is 25.7. The topological polar surface area (TPSA) is 85.8 Å². The Bertz CT molecular complexity index is 710. The molecule has 1 aliphatic rings. The molecule has 2 atom stereocenters. The van der Waals surface area contributed by atoms with E-state index in [1.165, 1.54) is 12.3 Å². The molecule has 0 aliphatic carbocycles. The summed E-state index contributed by atoms with van der Waals surface area (Å²) < 4.78 is 10.8. The molecule has 0 radical (unpaired) electrons. The van der Waals surface area contributed by atoms with Gasteiger partial charge in [-0.3, -0.25) is 9.59 Å². The second kappa shape index (κ2) is 6.26. The smallest absolute Gasteiger partial charge is 0.284 e. The van der Waals surface area contributed by atoms with Crippen molar-refractivity contribution in [2.24, 2.45) is 5.73 Å². The predicted molar refractivity (Wildman–Crippen MR) is 82.9 cm³/mol. The molecule has 2 N–H and O–H groups in total. The number of primary amides is 1. The first-order valence-corrected chi connectivity index (χ1v) is 7.42. The maximum Gasteiger partial charge on any atom is 0.284 e. The van der Waals surface area contributed by atoms with E-state index in [1.807, 2.05) is 37.3 Å². The van der Waals surface area contributed by atoms with Crippen molar-refractivity contribution in [2.45, 2.75) is 19.1 Å². The van der Waals surface area contributed by atoms with E-state index >= 15 is 0 Å². The van der Waals surface area contributed by atoms with Gasteiger partial charge in [0, 0.05) is 12.6 Å². The first-order valence-electron chi connectivity index (χ1n) is 7.42. The Morgan fingerprint density at radius 1 is 1.26 bits per heavy atom. The van der Waals surface area contributed by atoms with E-state index in [4.69, 9.17) is 14.9 Å². The summed E-state index contributed by atoms with van der Waals surface area (Å²) in [5.41, 5.74) is 6.49. The summed E-state index contributed by atoms with van der Waals surface area (Å²) >= 11 is 0. The number of ether oxygens (including phenoxy) is 1. The Labute approximate surface area is 133 Å². The van der Waals surface area contributed by atoms with Crippen molar-refractivity contribution < 1.29 is 18.7 Å². The number of amides is 2. The first kappa shape index (κ1) is 15.3. The maximum absolute atomic E-state index is 12.8. The molecular weight excluding hydrogens is 296 g/mol. The number of carbonyl (C=O) groups excluding carboxylic acids is 2. The number of hydrogen-bond donors (Lipinski definition) is 1. The van der Waals surface area contributed by atoms with Gasteiger partial charge in [-0.1, -0.05) is 30.3 Å². The van der Waals surface area contributed by atoms with Gasteiger partial charge >= 0.3 is 0 Å². The molecule has 1 fully saturated rings. The fourth-order valence-electron chi connectivity index (χ4n) is 2.72. The van der Waals surface area contributed by atoms with Gasteiger partial charge < -0.3 is 19.8 Å². The van der Waals surface area contributed by atoms with Crippen LogP contribution in [0.5, 0.6) is 0 Å². The lowest BCUT2D eigenvalue weighted by Gasteiger charge is -2.38. The number of rotatable bonds is 3. The molecule has 0 unspecified atom stereocenters. The van der Waals surface area contributed by atoms with Gasteiger partial charge in [0.2, 0.25) is 0 Å². The number of morpholine rings is 1. The SMILES string of the molecule is C[C@H]1CN(C(=O)c2coc(C(N)=O)c2)[C@H](c2ccccc2)CO1. The van der Waals surface area contributed by atoms with Crippen LogP contribution in [0.2, 0.25) is 0 Å². The zero-order valence-corrected chi connectivity index (χ0v) is 12.8. The standard InChI is InChI=1S/C17H18N2O4/c1-11-8-19(14(10-22-11)12-5-3-2-4-6-12)17(21)13-7-15(16(18)20)23-9-13/h2-7,9,11,14H,8,10H2,1H3,(H2,18,20)/t11-,14-/m0/s1. The average molecular weight is 314 g/mol. The maximum atomic E-state index is 12.8. The Balaban J connectivity index is 1.89. The largest absolute Gasteiger partial charge is 0.458 e. The minimum absolute atomic E-state index is 0.0223. The van der Waals surface area contributed by atoms with Gasteiger partial charge in [-0.2, -0.15) is 0 Å². The molecular formula is C17H18N2O4. The van der Waals surface area contributed by atoms with Crippen molar-refractivity contribution in [3.8, 4) is 0 Å². The van der Waals surface area contributed by atoms with E-state index in [2.05, 4.69) is 0 Å². The Kier molecular flexibility index (Phi) is 4.16. The predicted octanol–water partition coefficient (Wildman–Crippen LogP) is 1.98. The summed E-state index contributed by atoms with van der Waals surface area (Å²) in [6.45, 7) is 2.82. The minimum Gasteiger partial charge on any atom is -0.458 e. The Morgan fingerprint density at radius 2 is 2.00 bits per heavy atom. The molecule has 1 aromatic carbocycles. The van der Waals surface area contributed by atoms with Gasteiger partial charge in [0.25, 0.3) is 11.8 Å². The van der Waals surface area contributed by atoms with Crippen LogP contribution in [0.3, 0.4) is 0 Å². The van der Waals surface area contributed by atoms with Crippen LogP contribution < -0.4 is 5.73 Å². The molecule has 0 bridgehead atoms. The molecule has 6 nitrogen and oxygen atoms in total. The molecule has 23 heavy (non-hydrogen) atoms. The van der Waals surface area contributed by atoms with Crippen LogP contribution in [-0.4, -0.2) is 36.0 Å². The van der Waals surface area contributed by atoms with Crippen LogP contribution in [0.4, 0.5) is 0 Å². The summed E-state index contributed by atoms with van der Waals surface area (Å²) in [6.07, 6.45) is 1.21. The highest BCUT2D eigenvalue weighted by Crippen LogP contribution is 2.28. The van der Waals surface area contributed by atoms with Crippen molar-refractivity contribution in [1.82, 2.24) is 4.90 Å². The molecule has 2 heterocycles. The molecule has 0 spiro atoms. The van der Waals surface area contributed by atoms with E-state index in [-0.39, 0.29) is 23.8 Å². The molecule has 2 amide bonds. The molecule has 120 valence electrons. The number of hydrogen-bond acceptors (Lipinski definition) is 4. The van der Waals surface area contributed by atoms with Crippen molar-refractivity contribution in [2.75, 3.05) is 13.2 Å². The van der Waals surface area contributed by atoms with Gasteiger partial charge in [-0.15, -0.1) is 0 Å². The zero-order valence-electron chi connectivity index (χ0n) is 12.8. The van der Waals surface area contributed by atoms with E-state index in [1.54, 1.807) is 4.90 Å². The van der Waals surface area contributed by atoms with E-state index in [0.717, 1.165) is 5.56 Å². The summed E-state index contributed by atoms with van der Waals surface area (Å²) in [5.74, 6) is -0.921. The number of nitrogens with two attached hydrogens (primary N) is 1. The normalized spacial score (nSPS) is 21.2. The van der Waals surface area contributed by atoms with E-state index < -0.39 is 5.91 Å². The summed E-state index contributed by atoms with van der Waals surface area (Å²) in [5, 5.41) is 0. The molecule has 1 aliphatic heterocycles. The molecule has 3 rings (SSSR count). The van der Waals surface area contributed by atoms with Crippen LogP contribution >= 0.6 is 0 Å². The number of carbonyl (C=O) groups is 2. The van der Waals surface area contributed by atoms with Crippen molar-refractivity contribution in [3.63, 3.8) is 0 Å². The van der Waals surface area contributed by atoms with E-state index in [0.29, 0.717) is 18.7 Å². The van der Waals surface area contributed by atoms with Gasteiger partial charge in [0.05, 0.1) is 24.3 Å². The monoisotopic (exact) mass is 314 g/mol. The van der Waals surface area contributed by atoms with Gasteiger partial charge in [-0.05, 0) is 12.5 Å². The van der Waals surface area contributed by atoms with Gasteiger partial charge in [-0.25, -0.2) is 0 Å². The fourth-order valence-corrected chi connectivity index (χ4v) is 2.72. The Hall–Kier alpha value is -2.60. The third-order valence-electron chi connectivity index (χ3n) is 3.90. The summed E-state index contributed by atoms with van der Waals surface area (Å²) in [6, 6.07) is 10.9. The third kappa shape index (κ3) is 3.12. The number of nitrogens with zero attached hydrogens (tertiary/aromatic N) is 1. The minimum atomic E-state index is -0.695. The fraction of sp³-hybridized carbons (Fsp3) is 0.294. The first-order chi connectivity index (χ1) is 11.1. The van der Waals surface area contributed by atoms with Gasteiger partial charge in [0.1, 0.15) is 6.26 Å². The lowest BCUT2D eigenvalue weighted by Crippen LogP contribution is -2.46. The van der Waals surface area contributed by atoms with Crippen LogP contribution in [0, 0.1) is 0 Å². The van der Waals surface area contributed by atoms with Crippen molar-refractivity contribution in [3.05, 3.63) is 59.5 Å². The van der Waals surface area contributed by atoms with Crippen LogP contribution in [0.1, 0.15) is 39.4 Å². The number of furan rings is 1. The molecule has 1 saturated heterocycles. The van der Waals surface area contributed by atoms with Gasteiger partial charge in [0.15, 0.2) is 5.76 Å². The number of benzene rings is 1. The van der Waals surface area contributed by atoms with Crippen LogP contribution in [-0.2, 0) is 4.74 Å². The van der Waals surface area contributed by atoms with Crippen LogP contribution in [0.15, 0.2) is 47.1 Å². The summed E-state index contributed by atoms with van der Waals surface area (Å²) in [7, 11) is 0. The highest BCUT2D eigenvalue weighted by Gasteiger charge is 2.33. The van der Waals surface area contributed by atoms with E-state index in [9.17, 15) is 9.59 Å². The highest BCUT2D eigenvalue weighted by atomic mass is 16.5. The van der Waals surface area contributed by atoms with Crippen molar-refractivity contribution >= 4 is 11.8 Å².